The predicted octanol–water partition coefficient (Wildman–Crippen LogP) is 3.29. The first-order chi connectivity index (χ1) is 23.8. The van der Waals surface area contributed by atoms with Crippen LogP contribution in [0.3, 0.4) is 0 Å². The van der Waals surface area contributed by atoms with Crippen LogP contribution in [0.2, 0.25) is 0 Å². The van der Waals surface area contributed by atoms with Gasteiger partial charge in [-0.2, -0.15) is 0 Å². The highest BCUT2D eigenvalue weighted by atomic mass is 16.2. The van der Waals surface area contributed by atoms with Gasteiger partial charge in [-0.1, -0.05) is 91.0 Å². The number of nitrogens with one attached hydrogen (secondary N) is 5. The molecule has 2 heterocycles. The molecule has 1 fully saturated rings. The van der Waals surface area contributed by atoms with Crippen LogP contribution in [0.25, 0.3) is 21.7 Å². The zero-order chi connectivity index (χ0) is 34.2. The smallest absolute Gasteiger partial charge is 0.243 e. The van der Waals surface area contributed by atoms with Crippen molar-refractivity contribution in [3.63, 3.8) is 0 Å². The van der Waals surface area contributed by atoms with Gasteiger partial charge in [0.15, 0.2) is 0 Å². The number of fused-ring (bicyclic) bond motifs is 2. The maximum absolute atomic E-state index is 14.2. The summed E-state index contributed by atoms with van der Waals surface area (Å²) in [5.41, 5.74) is 9.17. The minimum absolute atomic E-state index is 0.142. The molecule has 252 valence electrons. The van der Waals surface area contributed by atoms with Crippen molar-refractivity contribution in [2.75, 3.05) is 13.1 Å². The van der Waals surface area contributed by atoms with E-state index in [0.29, 0.717) is 12.8 Å². The van der Waals surface area contributed by atoms with E-state index in [1.165, 1.54) is 0 Å². The SMILES string of the molecule is NC(=O)C(Cc1ccccc1)NC(=O)C(Cc1c[nH]c2ccccc12)NC(=O)C(Cc1ccc2ccccc2c1)NC(=O)C1CCNCC1. The van der Waals surface area contributed by atoms with Gasteiger partial charge in [-0.05, 0) is 59.5 Å². The summed E-state index contributed by atoms with van der Waals surface area (Å²) in [5, 5.41) is 15.0. The number of nitrogens with two attached hydrogens (primary N) is 1. The van der Waals surface area contributed by atoms with E-state index in [1.54, 1.807) is 0 Å². The van der Waals surface area contributed by atoms with Gasteiger partial charge in [0.25, 0.3) is 0 Å². The molecule has 3 atom stereocenters. The maximum Gasteiger partial charge on any atom is 0.243 e. The van der Waals surface area contributed by atoms with Crippen molar-refractivity contribution < 1.29 is 19.2 Å². The Hall–Kier alpha value is -5.48. The lowest BCUT2D eigenvalue weighted by molar-refractivity contribution is -0.134. The zero-order valence-corrected chi connectivity index (χ0v) is 27.3. The molecule has 7 N–H and O–H groups in total. The highest BCUT2D eigenvalue weighted by molar-refractivity contribution is 5.95. The first-order valence-electron chi connectivity index (χ1n) is 16.8. The molecule has 5 aromatic rings. The molecule has 1 aliphatic heterocycles. The van der Waals surface area contributed by atoms with Crippen molar-refractivity contribution in [1.82, 2.24) is 26.3 Å². The number of aromatic amines is 1. The summed E-state index contributed by atoms with van der Waals surface area (Å²) >= 11 is 0. The molecule has 0 radical (unpaired) electrons. The zero-order valence-electron chi connectivity index (χ0n) is 27.3. The number of rotatable bonds is 13. The van der Waals surface area contributed by atoms with Gasteiger partial charge in [0.1, 0.15) is 18.1 Å². The molecule has 10 nitrogen and oxygen atoms in total. The topological polar surface area (TPSA) is 158 Å². The van der Waals surface area contributed by atoms with Gasteiger partial charge in [-0.3, -0.25) is 19.2 Å². The summed E-state index contributed by atoms with van der Waals surface area (Å²) < 4.78 is 0. The van der Waals surface area contributed by atoms with Crippen molar-refractivity contribution in [1.29, 1.82) is 0 Å². The van der Waals surface area contributed by atoms with Gasteiger partial charge in [0, 0.05) is 42.3 Å². The highest BCUT2D eigenvalue weighted by Crippen LogP contribution is 2.21. The fourth-order valence-electron chi connectivity index (χ4n) is 6.53. The quantitative estimate of drug-likeness (QED) is 0.114. The Labute approximate surface area is 285 Å². The molecule has 6 rings (SSSR count). The van der Waals surface area contributed by atoms with E-state index in [-0.39, 0.29) is 31.1 Å². The Morgan fingerprint density at radius 3 is 2.06 bits per heavy atom. The van der Waals surface area contributed by atoms with Crippen molar-refractivity contribution in [3.05, 3.63) is 120 Å². The Morgan fingerprint density at radius 1 is 0.673 bits per heavy atom. The molecule has 4 amide bonds. The number of hydrogen-bond acceptors (Lipinski definition) is 5. The van der Waals surface area contributed by atoms with Gasteiger partial charge in [0.2, 0.25) is 23.6 Å². The Morgan fingerprint density at radius 2 is 1.31 bits per heavy atom. The number of aromatic nitrogens is 1. The number of carbonyl (C=O) groups excluding carboxylic acids is 4. The van der Waals surface area contributed by atoms with E-state index in [1.807, 2.05) is 103 Å². The largest absolute Gasteiger partial charge is 0.368 e. The van der Waals surface area contributed by atoms with Gasteiger partial charge in [-0.15, -0.1) is 0 Å². The van der Waals surface area contributed by atoms with Crippen LogP contribution in [0.5, 0.6) is 0 Å². The fraction of sp³-hybridized carbons (Fsp3) is 0.282. The molecule has 4 aromatic carbocycles. The van der Waals surface area contributed by atoms with Crippen LogP contribution >= 0.6 is 0 Å². The average molecular weight is 659 g/mol. The second-order valence-electron chi connectivity index (χ2n) is 12.7. The van der Waals surface area contributed by atoms with E-state index in [2.05, 4.69) is 26.3 Å². The number of piperidine rings is 1. The minimum Gasteiger partial charge on any atom is -0.368 e. The Balaban J connectivity index is 1.27. The summed E-state index contributed by atoms with van der Waals surface area (Å²) in [6.07, 6.45) is 3.75. The van der Waals surface area contributed by atoms with Crippen molar-refractivity contribution in [3.8, 4) is 0 Å². The number of carbonyl (C=O) groups is 4. The molecule has 0 bridgehead atoms. The van der Waals surface area contributed by atoms with Crippen LogP contribution in [-0.4, -0.2) is 59.8 Å². The Kier molecular flexibility index (Phi) is 10.6. The molecule has 0 spiro atoms. The third-order valence-corrected chi connectivity index (χ3v) is 9.27. The maximum atomic E-state index is 14.2. The first kappa shape index (κ1) is 33.4. The molecule has 3 unspecified atom stereocenters. The van der Waals surface area contributed by atoms with E-state index in [4.69, 9.17) is 5.73 Å². The van der Waals surface area contributed by atoms with E-state index in [9.17, 15) is 19.2 Å². The fourth-order valence-corrected chi connectivity index (χ4v) is 6.53. The molecule has 49 heavy (non-hydrogen) atoms. The molecule has 0 aliphatic carbocycles. The van der Waals surface area contributed by atoms with E-state index >= 15 is 0 Å². The van der Waals surface area contributed by atoms with E-state index in [0.717, 1.165) is 51.5 Å². The minimum atomic E-state index is -1.07. The van der Waals surface area contributed by atoms with E-state index < -0.39 is 35.8 Å². The average Bonchev–Trinajstić information content (AvgIpc) is 3.54. The monoisotopic (exact) mass is 658 g/mol. The number of primary amides is 1. The summed E-state index contributed by atoms with van der Waals surface area (Å²) in [5.74, 6) is -2.12. The molecular weight excluding hydrogens is 616 g/mol. The molecule has 10 heteroatoms. The number of benzene rings is 4. The normalized spacial score (nSPS) is 15.3. The third-order valence-electron chi connectivity index (χ3n) is 9.27. The van der Waals surface area contributed by atoms with Crippen LogP contribution in [0.4, 0.5) is 0 Å². The van der Waals surface area contributed by atoms with Crippen molar-refractivity contribution >= 4 is 45.3 Å². The molecule has 1 aromatic heterocycles. The van der Waals surface area contributed by atoms with Crippen molar-refractivity contribution in [2.24, 2.45) is 11.7 Å². The number of para-hydroxylation sites is 1. The van der Waals surface area contributed by atoms with Gasteiger partial charge in [-0.25, -0.2) is 0 Å². The van der Waals surface area contributed by atoms with Crippen LogP contribution in [0, 0.1) is 5.92 Å². The van der Waals surface area contributed by atoms with Crippen LogP contribution in [-0.2, 0) is 38.4 Å². The van der Waals surface area contributed by atoms with Gasteiger partial charge < -0.3 is 32.0 Å². The third kappa shape index (κ3) is 8.52. The number of amides is 4. The second-order valence-corrected chi connectivity index (χ2v) is 12.7. The molecule has 0 saturated carbocycles. The summed E-state index contributed by atoms with van der Waals surface area (Å²) in [7, 11) is 0. The van der Waals surface area contributed by atoms with Gasteiger partial charge >= 0.3 is 0 Å². The lowest BCUT2D eigenvalue weighted by atomic mass is 9.95. The number of H-pyrrole nitrogens is 1. The van der Waals surface area contributed by atoms with Crippen LogP contribution < -0.4 is 27.0 Å². The first-order valence-corrected chi connectivity index (χ1v) is 16.8. The summed E-state index contributed by atoms with van der Waals surface area (Å²) in [6, 6.07) is 27.9. The van der Waals surface area contributed by atoms with Crippen LogP contribution in [0.1, 0.15) is 29.5 Å². The molecular formula is C39H42N6O4. The predicted molar refractivity (Wildman–Crippen MR) is 190 cm³/mol. The lowest BCUT2D eigenvalue weighted by Crippen LogP contribution is -2.58. The Bertz CT molecular complexity index is 1930. The highest BCUT2D eigenvalue weighted by Gasteiger charge is 2.32. The molecule has 1 aliphatic rings. The second kappa shape index (κ2) is 15.6. The number of hydrogen-bond donors (Lipinski definition) is 6. The summed E-state index contributed by atoms with van der Waals surface area (Å²) in [4.78, 5) is 57.5. The standard InChI is InChI=1S/C39H42N6O4/c40-36(46)33(21-25-8-2-1-3-9-25)43-39(49)35(23-30-24-42-32-13-7-6-12-31(30)32)45-38(48)34(44-37(47)28-16-18-41-19-17-28)22-26-14-15-27-10-4-5-11-29(27)20-26/h1-15,20,24,28,33-35,41-42H,16-19,21-23H2,(H2,40,46)(H,43,49)(H,44,47)(H,45,48). The van der Waals surface area contributed by atoms with Gasteiger partial charge in [0.05, 0.1) is 0 Å². The summed E-state index contributed by atoms with van der Waals surface area (Å²) in [6.45, 7) is 1.47. The molecule has 1 saturated heterocycles. The van der Waals surface area contributed by atoms with Crippen LogP contribution in [0.15, 0.2) is 103 Å². The lowest BCUT2D eigenvalue weighted by Gasteiger charge is -2.27. The van der Waals surface area contributed by atoms with Crippen molar-refractivity contribution in [2.45, 2.75) is 50.2 Å².